The highest BCUT2D eigenvalue weighted by atomic mass is 16.5. The molecule has 1 amide bonds. The number of hydrogen-bond donors (Lipinski definition) is 2. The lowest BCUT2D eigenvalue weighted by Crippen LogP contribution is -2.29. The second-order valence-corrected chi connectivity index (χ2v) is 4.50. The van der Waals surface area contributed by atoms with E-state index in [1.165, 1.54) is 7.11 Å². The number of para-hydroxylation sites is 1. The summed E-state index contributed by atoms with van der Waals surface area (Å²) >= 11 is 0. The number of nitrogens with two attached hydrogens (primary N) is 1. The fourth-order valence-electron chi connectivity index (χ4n) is 2.24. The molecule has 1 saturated heterocycles. The van der Waals surface area contributed by atoms with Gasteiger partial charge in [0.15, 0.2) is 11.5 Å². The van der Waals surface area contributed by atoms with E-state index in [1.807, 2.05) is 0 Å². The Labute approximate surface area is 106 Å². The first-order valence-electron chi connectivity index (χ1n) is 6.02. The Kier molecular flexibility index (Phi) is 3.72. The Morgan fingerprint density at radius 1 is 1.61 bits per heavy atom. The zero-order chi connectivity index (χ0) is 13.1. The molecule has 0 aromatic heterocycles. The molecule has 98 valence electrons. The van der Waals surface area contributed by atoms with Gasteiger partial charge in [0.1, 0.15) is 0 Å². The van der Waals surface area contributed by atoms with Crippen molar-refractivity contribution in [3.63, 3.8) is 0 Å². The van der Waals surface area contributed by atoms with Crippen LogP contribution in [0.2, 0.25) is 0 Å². The molecule has 1 aromatic rings. The van der Waals surface area contributed by atoms with Gasteiger partial charge in [0.05, 0.1) is 12.7 Å². The molecule has 18 heavy (non-hydrogen) atoms. The van der Waals surface area contributed by atoms with Gasteiger partial charge in [0, 0.05) is 13.1 Å². The summed E-state index contributed by atoms with van der Waals surface area (Å²) < 4.78 is 5.00. The van der Waals surface area contributed by atoms with E-state index in [0.717, 1.165) is 6.42 Å². The van der Waals surface area contributed by atoms with Crippen molar-refractivity contribution >= 4 is 5.91 Å². The normalized spacial score (nSPS) is 19.0. The van der Waals surface area contributed by atoms with E-state index in [1.54, 1.807) is 23.1 Å². The smallest absolute Gasteiger partial charge is 0.257 e. The van der Waals surface area contributed by atoms with Crippen molar-refractivity contribution in [2.45, 2.75) is 6.42 Å². The van der Waals surface area contributed by atoms with Crippen LogP contribution in [0.1, 0.15) is 16.8 Å². The number of carbonyl (C=O) groups excluding carboxylic acids is 1. The molecule has 3 N–H and O–H groups in total. The maximum atomic E-state index is 12.3. The summed E-state index contributed by atoms with van der Waals surface area (Å²) in [5.74, 6) is 0.417. The average Bonchev–Trinajstić information content (AvgIpc) is 2.87. The molecule has 1 heterocycles. The molecule has 0 spiro atoms. The van der Waals surface area contributed by atoms with Crippen LogP contribution in [0.25, 0.3) is 0 Å². The highest BCUT2D eigenvalue weighted by Crippen LogP contribution is 2.31. The summed E-state index contributed by atoms with van der Waals surface area (Å²) in [6.07, 6.45) is 0.924. The molecule has 1 atom stereocenters. The number of ether oxygens (including phenoxy) is 1. The summed E-state index contributed by atoms with van der Waals surface area (Å²) in [6.45, 7) is 1.94. The zero-order valence-corrected chi connectivity index (χ0v) is 10.4. The van der Waals surface area contributed by atoms with Gasteiger partial charge in [0.2, 0.25) is 0 Å². The third-order valence-electron chi connectivity index (χ3n) is 3.36. The van der Waals surface area contributed by atoms with Crippen LogP contribution in [-0.2, 0) is 0 Å². The molecule has 0 radical (unpaired) electrons. The van der Waals surface area contributed by atoms with Gasteiger partial charge in [-0.05, 0) is 31.0 Å². The molecule has 0 bridgehead atoms. The van der Waals surface area contributed by atoms with E-state index < -0.39 is 0 Å². The lowest BCUT2D eigenvalue weighted by Gasteiger charge is -2.17. The molecule has 1 aliphatic rings. The van der Waals surface area contributed by atoms with Crippen molar-refractivity contribution in [1.82, 2.24) is 4.90 Å². The predicted molar refractivity (Wildman–Crippen MR) is 67.7 cm³/mol. The van der Waals surface area contributed by atoms with Crippen LogP contribution in [0.3, 0.4) is 0 Å². The van der Waals surface area contributed by atoms with Gasteiger partial charge in [0.25, 0.3) is 5.91 Å². The second kappa shape index (κ2) is 5.27. The summed E-state index contributed by atoms with van der Waals surface area (Å²) in [6, 6.07) is 4.93. The van der Waals surface area contributed by atoms with Gasteiger partial charge >= 0.3 is 0 Å². The lowest BCUT2D eigenvalue weighted by molar-refractivity contribution is 0.0784. The van der Waals surface area contributed by atoms with Crippen molar-refractivity contribution in [2.24, 2.45) is 11.7 Å². The Bertz CT molecular complexity index is 448. The molecule has 2 rings (SSSR count). The molecule has 1 aromatic carbocycles. The fraction of sp³-hybridized carbons (Fsp3) is 0.462. The Balaban J connectivity index is 2.19. The highest BCUT2D eigenvalue weighted by Gasteiger charge is 2.28. The summed E-state index contributed by atoms with van der Waals surface area (Å²) in [5.41, 5.74) is 5.89. The first-order valence-corrected chi connectivity index (χ1v) is 6.02. The summed E-state index contributed by atoms with van der Waals surface area (Å²) in [7, 11) is 1.46. The number of amides is 1. The van der Waals surface area contributed by atoms with Crippen LogP contribution >= 0.6 is 0 Å². The molecule has 1 fully saturated rings. The van der Waals surface area contributed by atoms with Gasteiger partial charge in [-0.2, -0.15) is 0 Å². The van der Waals surface area contributed by atoms with Crippen LogP contribution in [0, 0.1) is 5.92 Å². The zero-order valence-electron chi connectivity index (χ0n) is 10.4. The Morgan fingerprint density at radius 3 is 3.00 bits per heavy atom. The molecular formula is C13H18N2O3. The van der Waals surface area contributed by atoms with Crippen molar-refractivity contribution in [2.75, 3.05) is 26.7 Å². The molecule has 5 heteroatoms. The van der Waals surface area contributed by atoms with Crippen LogP contribution in [-0.4, -0.2) is 42.7 Å². The molecule has 0 aliphatic carbocycles. The monoisotopic (exact) mass is 250 g/mol. The van der Waals surface area contributed by atoms with Crippen molar-refractivity contribution in [3.05, 3.63) is 23.8 Å². The maximum absolute atomic E-state index is 12.3. The third kappa shape index (κ3) is 2.26. The fourth-order valence-corrected chi connectivity index (χ4v) is 2.24. The second-order valence-electron chi connectivity index (χ2n) is 4.50. The topological polar surface area (TPSA) is 75.8 Å². The molecule has 5 nitrogen and oxygen atoms in total. The number of methoxy groups -OCH3 is 1. The minimum absolute atomic E-state index is 0.0961. The van der Waals surface area contributed by atoms with E-state index in [9.17, 15) is 9.90 Å². The number of nitrogens with zero attached hydrogens (tertiary/aromatic N) is 1. The number of hydrogen-bond acceptors (Lipinski definition) is 4. The van der Waals surface area contributed by atoms with Gasteiger partial charge in [-0.3, -0.25) is 4.79 Å². The van der Waals surface area contributed by atoms with E-state index in [4.69, 9.17) is 10.5 Å². The van der Waals surface area contributed by atoms with Gasteiger partial charge in [-0.25, -0.2) is 0 Å². The quantitative estimate of drug-likeness (QED) is 0.832. The van der Waals surface area contributed by atoms with Crippen LogP contribution in [0.4, 0.5) is 0 Å². The largest absolute Gasteiger partial charge is 0.504 e. The van der Waals surface area contributed by atoms with Gasteiger partial charge in [-0.15, -0.1) is 0 Å². The molecule has 0 saturated carbocycles. The predicted octanol–water partition coefficient (Wildman–Crippen LogP) is 0.822. The maximum Gasteiger partial charge on any atom is 0.257 e. The summed E-state index contributed by atoms with van der Waals surface area (Å²) in [5, 5.41) is 9.95. The third-order valence-corrected chi connectivity index (χ3v) is 3.36. The SMILES string of the molecule is COc1cccc(C(=O)N2CCC(CN)C2)c1O. The lowest BCUT2D eigenvalue weighted by atomic mass is 10.1. The number of rotatable bonds is 3. The van der Waals surface area contributed by atoms with Crippen molar-refractivity contribution in [3.8, 4) is 11.5 Å². The standard InChI is InChI=1S/C13H18N2O3/c1-18-11-4-2-3-10(12(11)16)13(17)15-6-5-9(7-14)8-15/h2-4,9,16H,5-8,14H2,1H3. The number of benzene rings is 1. The van der Waals surface area contributed by atoms with Crippen molar-refractivity contribution < 1.29 is 14.6 Å². The number of likely N-dealkylation sites (tertiary alicyclic amines) is 1. The highest BCUT2D eigenvalue weighted by molar-refractivity contribution is 5.97. The Morgan fingerprint density at radius 2 is 2.39 bits per heavy atom. The van der Waals surface area contributed by atoms with Crippen LogP contribution in [0.5, 0.6) is 11.5 Å². The Hall–Kier alpha value is -1.75. The van der Waals surface area contributed by atoms with Gasteiger partial charge < -0.3 is 20.5 Å². The van der Waals surface area contributed by atoms with E-state index in [2.05, 4.69) is 0 Å². The first kappa shape index (κ1) is 12.7. The van der Waals surface area contributed by atoms with Crippen molar-refractivity contribution in [1.29, 1.82) is 0 Å². The summed E-state index contributed by atoms with van der Waals surface area (Å²) in [4.78, 5) is 14.0. The first-order chi connectivity index (χ1) is 8.67. The molecular weight excluding hydrogens is 232 g/mol. The average molecular weight is 250 g/mol. The van der Waals surface area contributed by atoms with Crippen LogP contribution < -0.4 is 10.5 Å². The van der Waals surface area contributed by atoms with E-state index in [-0.39, 0.29) is 17.2 Å². The molecule has 1 unspecified atom stereocenters. The number of aromatic hydroxyl groups is 1. The minimum Gasteiger partial charge on any atom is -0.504 e. The van der Waals surface area contributed by atoms with E-state index >= 15 is 0 Å². The number of phenolic OH excluding ortho intramolecular Hbond substituents is 1. The number of phenols is 1. The molecule has 1 aliphatic heterocycles. The minimum atomic E-state index is -0.164. The number of carbonyl (C=O) groups is 1. The van der Waals surface area contributed by atoms with Gasteiger partial charge in [-0.1, -0.05) is 6.07 Å². The van der Waals surface area contributed by atoms with Crippen LogP contribution in [0.15, 0.2) is 18.2 Å². The van der Waals surface area contributed by atoms with E-state index in [0.29, 0.717) is 31.3 Å².